The predicted molar refractivity (Wildman–Crippen MR) is 115 cm³/mol. The lowest BCUT2D eigenvalue weighted by Gasteiger charge is -2.16. The monoisotopic (exact) mass is 476 g/mol. The fraction of sp³-hybridized carbons (Fsp3) is 0.190. The Kier molecular flexibility index (Phi) is 6.14. The second kappa shape index (κ2) is 8.42. The molecule has 3 rings (SSSR count). The van der Waals surface area contributed by atoms with Crippen molar-refractivity contribution in [1.29, 1.82) is 0 Å². The number of hydrogen-bond acceptors (Lipinski definition) is 4. The molecule has 1 aromatic heterocycles. The minimum absolute atomic E-state index is 0.0130. The van der Waals surface area contributed by atoms with Crippen molar-refractivity contribution in [1.82, 2.24) is 4.90 Å². The molecular weight excluding hydrogens is 456 g/mol. The zero-order valence-corrected chi connectivity index (χ0v) is 18.7. The van der Waals surface area contributed by atoms with E-state index in [1.807, 2.05) is 32.0 Å². The highest BCUT2D eigenvalue weighted by atomic mass is 79.9. The standard InChI is InChI=1S/C21H21BrN2O4S/c1-14-7-10-19(22)20(11-14)23-29(26,27)18-6-4-5-16(12-18)21(25)24(3)13-17-9-8-15(2)28-17/h4-12,23H,13H2,1-3H3. The molecule has 1 heterocycles. The fourth-order valence-electron chi connectivity index (χ4n) is 2.81. The van der Waals surface area contributed by atoms with E-state index >= 15 is 0 Å². The van der Waals surface area contributed by atoms with Crippen LogP contribution in [0.5, 0.6) is 0 Å². The minimum Gasteiger partial charge on any atom is -0.464 e. The summed E-state index contributed by atoms with van der Waals surface area (Å²) in [6.07, 6.45) is 0. The lowest BCUT2D eigenvalue weighted by Crippen LogP contribution is -2.26. The van der Waals surface area contributed by atoms with E-state index in [1.165, 1.54) is 17.0 Å². The van der Waals surface area contributed by atoms with Crippen molar-refractivity contribution in [3.63, 3.8) is 0 Å². The van der Waals surface area contributed by atoms with Gasteiger partial charge in [-0.2, -0.15) is 0 Å². The van der Waals surface area contributed by atoms with E-state index < -0.39 is 10.0 Å². The molecule has 1 amide bonds. The number of rotatable bonds is 6. The van der Waals surface area contributed by atoms with Gasteiger partial charge in [0.25, 0.3) is 15.9 Å². The molecule has 29 heavy (non-hydrogen) atoms. The SMILES string of the molecule is Cc1ccc(Br)c(NS(=O)(=O)c2cccc(C(=O)N(C)Cc3ccc(C)o3)c2)c1. The van der Waals surface area contributed by atoms with Crippen LogP contribution in [0.3, 0.4) is 0 Å². The van der Waals surface area contributed by atoms with Crippen molar-refractivity contribution in [2.24, 2.45) is 0 Å². The van der Waals surface area contributed by atoms with E-state index in [2.05, 4.69) is 20.7 Å². The molecule has 0 aliphatic rings. The lowest BCUT2D eigenvalue weighted by molar-refractivity contribution is 0.0774. The number of anilines is 1. The smallest absolute Gasteiger partial charge is 0.261 e. The molecular formula is C21H21BrN2O4S. The number of nitrogens with zero attached hydrogens (tertiary/aromatic N) is 1. The molecule has 0 saturated heterocycles. The molecule has 3 aromatic rings. The van der Waals surface area contributed by atoms with E-state index in [0.29, 0.717) is 15.9 Å². The number of furan rings is 1. The summed E-state index contributed by atoms with van der Waals surface area (Å²) in [5.41, 5.74) is 1.64. The molecule has 0 aliphatic heterocycles. The van der Waals surface area contributed by atoms with E-state index in [4.69, 9.17) is 4.42 Å². The van der Waals surface area contributed by atoms with Crippen LogP contribution in [0.25, 0.3) is 0 Å². The number of halogens is 1. The van der Waals surface area contributed by atoms with Gasteiger partial charge in [0.05, 0.1) is 17.1 Å². The first-order chi connectivity index (χ1) is 13.7. The highest BCUT2D eigenvalue weighted by Gasteiger charge is 2.20. The van der Waals surface area contributed by atoms with Crippen LogP contribution in [0.4, 0.5) is 5.69 Å². The largest absolute Gasteiger partial charge is 0.464 e. The third kappa shape index (κ3) is 5.07. The fourth-order valence-corrected chi connectivity index (χ4v) is 4.41. The van der Waals surface area contributed by atoms with Gasteiger partial charge in [-0.25, -0.2) is 8.42 Å². The summed E-state index contributed by atoms with van der Waals surface area (Å²) in [4.78, 5) is 14.2. The molecule has 0 radical (unpaired) electrons. The molecule has 2 aromatic carbocycles. The van der Waals surface area contributed by atoms with Crippen LogP contribution in [-0.4, -0.2) is 26.3 Å². The summed E-state index contributed by atoms with van der Waals surface area (Å²) >= 11 is 3.35. The van der Waals surface area contributed by atoms with Gasteiger partial charge in [-0.1, -0.05) is 12.1 Å². The van der Waals surface area contributed by atoms with E-state index in [-0.39, 0.29) is 22.9 Å². The quantitative estimate of drug-likeness (QED) is 0.557. The molecule has 0 atom stereocenters. The number of hydrogen-bond donors (Lipinski definition) is 1. The highest BCUT2D eigenvalue weighted by Crippen LogP contribution is 2.26. The predicted octanol–water partition coefficient (Wildman–Crippen LogP) is 4.73. The number of nitrogens with one attached hydrogen (secondary N) is 1. The average Bonchev–Trinajstić information content (AvgIpc) is 3.08. The Morgan fingerprint density at radius 2 is 1.86 bits per heavy atom. The van der Waals surface area contributed by atoms with Gasteiger partial charge in [-0.05, 0) is 77.8 Å². The van der Waals surface area contributed by atoms with Gasteiger partial charge in [0.2, 0.25) is 0 Å². The molecule has 1 N–H and O–H groups in total. The topological polar surface area (TPSA) is 79.6 Å². The van der Waals surface area contributed by atoms with Gasteiger partial charge in [0.1, 0.15) is 11.5 Å². The third-order valence-electron chi connectivity index (χ3n) is 4.29. The minimum atomic E-state index is -3.86. The summed E-state index contributed by atoms with van der Waals surface area (Å²) in [5, 5.41) is 0. The number of carbonyl (C=O) groups is 1. The Morgan fingerprint density at radius 3 is 2.55 bits per heavy atom. The van der Waals surface area contributed by atoms with Crippen LogP contribution in [0.15, 0.2) is 68.4 Å². The molecule has 0 fully saturated rings. The molecule has 0 bridgehead atoms. The first kappa shape index (κ1) is 21.1. The van der Waals surface area contributed by atoms with Gasteiger partial charge in [0, 0.05) is 17.1 Å². The molecule has 6 nitrogen and oxygen atoms in total. The number of carbonyl (C=O) groups excluding carboxylic acids is 1. The van der Waals surface area contributed by atoms with Crippen molar-refractivity contribution in [3.05, 3.63) is 81.7 Å². The van der Waals surface area contributed by atoms with E-state index in [0.717, 1.165) is 11.3 Å². The molecule has 0 aliphatic carbocycles. The van der Waals surface area contributed by atoms with Crippen LogP contribution < -0.4 is 4.72 Å². The maximum absolute atomic E-state index is 12.8. The summed E-state index contributed by atoms with van der Waals surface area (Å²) in [6, 6.07) is 15.0. The van der Waals surface area contributed by atoms with Crippen LogP contribution >= 0.6 is 15.9 Å². The van der Waals surface area contributed by atoms with Crippen molar-refractivity contribution >= 4 is 37.5 Å². The first-order valence-corrected chi connectivity index (χ1v) is 11.1. The Hall–Kier alpha value is -2.58. The van der Waals surface area contributed by atoms with Crippen molar-refractivity contribution < 1.29 is 17.6 Å². The number of amides is 1. The molecule has 152 valence electrons. The summed E-state index contributed by atoms with van der Waals surface area (Å²) < 4.78 is 34.4. The highest BCUT2D eigenvalue weighted by molar-refractivity contribution is 9.10. The summed E-state index contributed by atoms with van der Waals surface area (Å²) in [6.45, 7) is 4.00. The van der Waals surface area contributed by atoms with E-state index in [1.54, 1.807) is 31.3 Å². The number of aryl methyl sites for hydroxylation is 2. The van der Waals surface area contributed by atoms with Crippen LogP contribution in [0, 0.1) is 13.8 Å². The Balaban J connectivity index is 1.82. The number of sulfonamides is 1. The normalized spacial score (nSPS) is 11.3. The second-order valence-corrected chi connectivity index (χ2v) is 9.33. The van der Waals surface area contributed by atoms with Crippen LogP contribution in [0.2, 0.25) is 0 Å². The van der Waals surface area contributed by atoms with Crippen LogP contribution in [0.1, 0.15) is 27.4 Å². The molecule has 0 saturated carbocycles. The van der Waals surface area contributed by atoms with Gasteiger partial charge in [-0.15, -0.1) is 0 Å². The van der Waals surface area contributed by atoms with Crippen molar-refractivity contribution in [3.8, 4) is 0 Å². The van der Waals surface area contributed by atoms with Gasteiger partial charge >= 0.3 is 0 Å². The van der Waals surface area contributed by atoms with Crippen LogP contribution in [-0.2, 0) is 16.6 Å². The second-order valence-electron chi connectivity index (χ2n) is 6.79. The Morgan fingerprint density at radius 1 is 1.10 bits per heavy atom. The molecule has 0 unspecified atom stereocenters. The summed E-state index contributed by atoms with van der Waals surface area (Å²) in [7, 11) is -2.22. The maximum atomic E-state index is 12.8. The zero-order valence-electron chi connectivity index (χ0n) is 16.3. The molecule has 0 spiro atoms. The van der Waals surface area contributed by atoms with Crippen molar-refractivity contribution in [2.45, 2.75) is 25.3 Å². The first-order valence-electron chi connectivity index (χ1n) is 8.85. The van der Waals surface area contributed by atoms with Gasteiger partial charge < -0.3 is 9.32 Å². The van der Waals surface area contributed by atoms with Gasteiger partial charge in [0.15, 0.2) is 0 Å². The zero-order chi connectivity index (χ0) is 21.2. The van der Waals surface area contributed by atoms with Gasteiger partial charge in [-0.3, -0.25) is 9.52 Å². The third-order valence-corrected chi connectivity index (χ3v) is 6.35. The van der Waals surface area contributed by atoms with Crippen molar-refractivity contribution in [2.75, 3.05) is 11.8 Å². The maximum Gasteiger partial charge on any atom is 0.261 e. The van der Waals surface area contributed by atoms with E-state index in [9.17, 15) is 13.2 Å². The average molecular weight is 477 g/mol. The Labute approximate surface area is 178 Å². The number of benzene rings is 2. The molecule has 8 heteroatoms. The Bertz CT molecular complexity index is 1150. The lowest BCUT2D eigenvalue weighted by atomic mass is 10.2. The summed E-state index contributed by atoms with van der Waals surface area (Å²) in [5.74, 6) is 1.13.